The molecule has 1 aromatic heterocycles. The third-order valence-corrected chi connectivity index (χ3v) is 4.88. The van der Waals surface area contributed by atoms with Gasteiger partial charge in [0.05, 0.1) is 12.8 Å². The molecular weight excluding hydrogens is 391 g/mol. The topological polar surface area (TPSA) is 147 Å². The monoisotopic (exact) mass is 410 g/mol. The van der Waals surface area contributed by atoms with Gasteiger partial charge in [0.25, 0.3) is 0 Å². The Morgan fingerprint density at radius 2 is 2.08 bits per heavy atom. The maximum atomic E-state index is 9.28. The summed E-state index contributed by atoms with van der Waals surface area (Å²) in [6.07, 6.45) is -0.750. The summed E-state index contributed by atoms with van der Waals surface area (Å²) in [6.45, 7) is -0.440. The standard InChI is InChI=1S/C12H19N4O6PS2/c1-12(2)21-8-6(4-19-23(17,18)25)20-7(9(8)22-12)5-3-15-16(10(5)13)11(14)24/h3,6-9H,4,13H2,1-2H3,(H2,14,24)(H2,17,18,25)/t6-,7+,8+,9?/m1/s1. The van der Waals surface area contributed by atoms with E-state index >= 15 is 0 Å². The molecule has 10 nitrogen and oxygen atoms in total. The Hall–Kier alpha value is -0.690. The lowest BCUT2D eigenvalue weighted by Crippen LogP contribution is -2.32. The van der Waals surface area contributed by atoms with Gasteiger partial charge in [0, 0.05) is 5.56 Å². The lowest BCUT2D eigenvalue weighted by Gasteiger charge is -2.24. The van der Waals surface area contributed by atoms with Crippen LogP contribution in [0.1, 0.15) is 25.5 Å². The molecule has 1 aromatic rings. The zero-order chi connectivity index (χ0) is 18.6. The van der Waals surface area contributed by atoms with Crippen LogP contribution in [0.25, 0.3) is 0 Å². The van der Waals surface area contributed by atoms with Crippen LogP contribution < -0.4 is 11.5 Å². The van der Waals surface area contributed by atoms with Crippen molar-refractivity contribution in [3.63, 3.8) is 0 Å². The number of nitrogens with zero attached hydrogens (tertiary/aromatic N) is 2. The van der Waals surface area contributed by atoms with Crippen molar-refractivity contribution in [3.8, 4) is 0 Å². The molecule has 2 fully saturated rings. The van der Waals surface area contributed by atoms with E-state index in [1.165, 1.54) is 10.9 Å². The van der Waals surface area contributed by atoms with Crippen LogP contribution in [0.15, 0.2) is 6.20 Å². The molecule has 2 aliphatic rings. The molecule has 2 aliphatic heterocycles. The summed E-state index contributed by atoms with van der Waals surface area (Å²) in [5.41, 5.74) is 12.2. The van der Waals surface area contributed by atoms with Gasteiger partial charge >= 0.3 is 6.72 Å². The van der Waals surface area contributed by atoms with Crippen molar-refractivity contribution in [2.24, 2.45) is 5.73 Å². The predicted molar refractivity (Wildman–Crippen MR) is 94.9 cm³/mol. The number of fused-ring (bicyclic) bond motifs is 1. The van der Waals surface area contributed by atoms with Gasteiger partial charge in [-0.1, -0.05) is 0 Å². The number of hydrogen-bond acceptors (Lipinski definition) is 8. The summed E-state index contributed by atoms with van der Waals surface area (Å²) in [4.78, 5) is 18.6. The number of rotatable bonds is 4. The van der Waals surface area contributed by atoms with Crippen molar-refractivity contribution < 1.29 is 28.5 Å². The third-order valence-electron chi connectivity index (χ3n) is 3.91. The summed E-state index contributed by atoms with van der Waals surface area (Å²) in [6, 6.07) is 0. The Balaban J connectivity index is 1.87. The average Bonchev–Trinajstić information content (AvgIpc) is 3.07. The minimum absolute atomic E-state index is 0.00310. The van der Waals surface area contributed by atoms with Gasteiger partial charge in [-0.15, -0.1) is 0 Å². The zero-order valence-electron chi connectivity index (χ0n) is 13.4. The van der Waals surface area contributed by atoms with Crippen molar-refractivity contribution in [2.45, 2.75) is 44.1 Å². The highest BCUT2D eigenvalue weighted by Crippen LogP contribution is 2.47. The van der Waals surface area contributed by atoms with Gasteiger partial charge in [-0.2, -0.15) is 9.78 Å². The molecule has 0 spiro atoms. The van der Waals surface area contributed by atoms with Crippen molar-refractivity contribution in [3.05, 3.63) is 11.8 Å². The summed E-state index contributed by atoms with van der Waals surface area (Å²) in [5, 5.41) is 4.05. The number of nitrogens with two attached hydrogens (primary N) is 2. The molecule has 13 heteroatoms. The Labute approximate surface area is 154 Å². The first-order chi connectivity index (χ1) is 11.5. The highest BCUT2D eigenvalue weighted by atomic mass is 32.5. The third kappa shape index (κ3) is 3.87. The van der Waals surface area contributed by atoms with Crippen molar-refractivity contribution >= 4 is 41.7 Å². The van der Waals surface area contributed by atoms with Crippen LogP contribution in [0.4, 0.5) is 5.82 Å². The molecule has 6 N–H and O–H groups in total. The minimum Gasteiger partial charge on any atom is -0.383 e. The van der Waals surface area contributed by atoms with E-state index in [4.69, 9.17) is 42.4 Å². The van der Waals surface area contributed by atoms with Gasteiger partial charge in [0.2, 0.25) is 0 Å². The van der Waals surface area contributed by atoms with Crippen molar-refractivity contribution in [1.82, 2.24) is 9.78 Å². The molecule has 0 radical (unpaired) electrons. The van der Waals surface area contributed by atoms with E-state index in [1.54, 1.807) is 13.8 Å². The number of nitrogen functional groups attached to an aromatic ring is 1. The van der Waals surface area contributed by atoms with Crippen LogP contribution in [0.3, 0.4) is 0 Å². The van der Waals surface area contributed by atoms with Crippen molar-refractivity contribution in [1.29, 1.82) is 0 Å². The first-order valence-electron chi connectivity index (χ1n) is 7.33. The molecule has 4 atom stereocenters. The second-order valence-corrected chi connectivity index (χ2v) is 9.27. The number of aromatic nitrogens is 2. The van der Waals surface area contributed by atoms with Crippen LogP contribution in [0.5, 0.6) is 0 Å². The Morgan fingerprint density at radius 3 is 2.64 bits per heavy atom. The van der Waals surface area contributed by atoms with E-state index in [0.717, 1.165) is 0 Å². The van der Waals surface area contributed by atoms with Gasteiger partial charge in [0.1, 0.15) is 30.2 Å². The lowest BCUT2D eigenvalue weighted by molar-refractivity contribution is -0.190. The van der Waals surface area contributed by atoms with Crippen LogP contribution in [0.2, 0.25) is 0 Å². The maximum Gasteiger partial charge on any atom is 0.321 e. The Morgan fingerprint density at radius 1 is 1.44 bits per heavy atom. The van der Waals surface area contributed by atoms with Gasteiger partial charge in [-0.25, -0.2) is 0 Å². The molecule has 3 rings (SSSR count). The molecule has 140 valence electrons. The summed E-state index contributed by atoms with van der Waals surface area (Å²) in [7, 11) is 0. The number of thiocarbonyl (C=S) groups is 1. The van der Waals surface area contributed by atoms with E-state index in [0.29, 0.717) is 5.56 Å². The van der Waals surface area contributed by atoms with Crippen molar-refractivity contribution in [2.75, 3.05) is 12.3 Å². The normalized spacial score (nSPS) is 31.2. The zero-order valence-corrected chi connectivity index (χ0v) is 16.0. The first-order valence-corrected chi connectivity index (χ1v) is 10.4. The summed E-state index contributed by atoms with van der Waals surface area (Å²) < 4.78 is 23.9. The van der Waals surface area contributed by atoms with E-state index < -0.39 is 36.9 Å². The van der Waals surface area contributed by atoms with Crippen LogP contribution in [-0.2, 0) is 30.5 Å². The molecule has 1 unspecified atom stereocenters. The maximum absolute atomic E-state index is 9.28. The van der Waals surface area contributed by atoms with Crippen LogP contribution in [0, 0.1) is 0 Å². The fourth-order valence-corrected chi connectivity index (χ4v) is 3.67. The van der Waals surface area contributed by atoms with E-state index in [2.05, 4.69) is 16.9 Å². The smallest absolute Gasteiger partial charge is 0.321 e. The van der Waals surface area contributed by atoms with Crippen LogP contribution in [-0.4, -0.2) is 55.4 Å². The number of anilines is 1. The molecule has 0 amide bonds. The molecular formula is C12H19N4O6PS2. The highest BCUT2D eigenvalue weighted by Gasteiger charge is 2.56. The fourth-order valence-electron chi connectivity index (χ4n) is 3.00. The van der Waals surface area contributed by atoms with Gasteiger partial charge in [0.15, 0.2) is 10.9 Å². The van der Waals surface area contributed by atoms with Gasteiger partial charge < -0.3 is 40.0 Å². The minimum atomic E-state index is -3.81. The number of ether oxygens (including phenoxy) is 3. The second kappa shape index (κ2) is 6.48. The van der Waals surface area contributed by atoms with E-state index in [1.807, 2.05) is 0 Å². The lowest BCUT2D eigenvalue weighted by atomic mass is 10.0. The van der Waals surface area contributed by atoms with E-state index in [9.17, 15) is 9.79 Å². The average molecular weight is 410 g/mol. The Kier molecular flexibility index (Phi) is 4.95. The van der Waals surface area contributed by atoms with Gasteiger partial charge in [-0.05, 0) is 37.9 Å². The van der Waals surface area contributed by atoms with Crippen LogP contribution >= 0.6 is 18.9 Å². The SMILES string of the molecule is CC1(C)OC2[C@@H](O1)[C@@H](COP(O)(O)=S)O[C@H]2c1cnn(C(N)=S)c1N. The molecule has 25 heavy (non-hydrogen) atoms. The molecule has 0 aliphatic carbocycles. The molecule has 3 heterocycles. The first kappa shape index (κ1) is 19.1. The molecule has 0 aromatic carbocycles. The Bertz CT molecular complexity index is 737. The quantitative estimate of drug-likeness (QED) is 0.384. The predicted octanol–water partition coefficient (Wildman–Crippen LogP) is -0.257. The largest absolute Gasteiger partial charge is 0.383 e. The summed E-state index contributed by atoms with van der Waals surface area (Å²) >= 11 is 9.36. The van der Waals surface area contributed by atoms with Gasteiger partial charge in [-0.3, -0.25) is 0 Å². The molecule has 2 saturated heterocycles. The summed E-state index contributed by atoms with van der Waals surface area (Å²) in [5.74, 6) is -0.608. The van der Waals surface area contributed by atoms with E-state index in [-0.39, 0.29) is 17.5 Å². The fraction of sp³-hybridized carbons (Fsp3) is 0.667. The molecule has 0 saturated carbocycles. The highest BCUT2D eigenvalue weighted by molar-refractivity contribution is 8.06. The number of hydrogen-bond donors (Lipinski definition) is 4. The second-order valence-electron chi connectivity index (χ2n) is 6.18. The molecule has 0 bridgehead atoms.